The highest BCUT2D eigenvalue weighted by Crippen LogP contribution is 2.13. The standard InChI is InChI=1S/C13H23N3O2/c1-6-11-10(4)12(15-18-11)13(17)14-9(3)8-16(5)7-2/h9H,6-8H2,1-5H3,(H,14,17). The normalized spacial score (nSPS) is 12.8. The zero-order chi connectivity index (χ0) is 13.7. The van der Waals surface area contributed by atoms with Gasteiger partial charge in [0.2, 0.25) is 0 Å². The number of likely N-dealkylation sites (N-methyl/N-ethyl adjacent to an activating group) is 1. The first-order valence-corrected chi connectivity index (χ1v) is 6.44. The lowest BCUT2D eigenvalue weighted by molar-refractivity contribution is 0.0923. The zero-order valence-corrected chi connectivity index (χ0v) is 11.9. The van der Waals surface area contributed by atoms with Crippen molar-refractivity contribution in [3.8, 4) is 0 Å². The number of carbonyl (C=O) groups is 1. The van der Waals surface area contributed by atoms with Crippen molar-refractivity contribution in [2.45, 2.75) is 40.2 Å². The van der Waals surface area contributed by atoms with Gasteiger partial charge in [0.25, 0.3) is 5.91 Å². The third-order valence-electron chi connectivity index (χ3n) is 3.06. The summed E-state index contributed by atoms with van der Waals surface area (Å²) in [5.41, 5.74) is 1.24. The van der Waals surface area contributed by atoms with E-state index in [2.05, 4.69) is 22.3 Å². The molecule has 0 saturated heterocycles. The Morgan fingerprint density at radius 2 is 2.17 bits per heavy atom. The second-order valence-corrected chi connectivity index (χ2v) is 4.66. The van der Waals surface area contributed by atoms with Crippen LogP contribution in [0, 0.1) is 6.92 Å². The van der Waals surface area contributed by atoms with Gasteiger partial charge < -0.3 is 14.7 Å². The summed E-state index contributed by atoms with van der Waals surface area (Å²) in [5, 5.41) is 6.77. The highest BCUT2D eigenvalue weighted by Gasteiger charge is 2.19. The number of hydrogen-bond donors (Lipinski definition) is 1. The fourth-order valence-corrected chi connectivity index (χ4v) is 1.85. The average Bonchev–Trinajstić information content (AvgIpc) is 2.69. The molecular formula is C13H23N3O2. The quantitative estimate of drug-likeness (QED) is 0.837. The third kappa shape index (κ3) is 3.57. The van der Waals surface area contributed by atoms with Gasteiger partial charge in [-0.3, -0.25) is 4.79 Å². The lowest BCUT2D eigenvalue weighted by Crippen LogP contribution is -2.40. The molecule has 1 atom stereocenters. The van der Waals surface area contributed by atoms with Crippen molar-refractivity contribution in [1.82, 2.24) is 15.4 Å². The molecule has 1 aromatic rings. The Hall–Kier alpha value is -1.36. The molecule has 0 bridgehead atoms. The SMILES string of the molecule is CCc1onc(C(=O)NC(C)CN(C)CC)c1C. The smallest absolute Gasteiger partial charge is 0.274 e. The summed E-state index contributed by atoms with van der Waals surface area (Å²) in [7, 11) is 2.03. The first-order chi connectivity index (χ1) is 8.49. The van der Waals surface area contributed by atoms with Gasteiger partial charge in [0, 0.05) is 24.6 Å². The Balaban J connectivity index is 2.62. The number of aromatic nitrogens is 1. The molecule has 0 aromatic carbocycles. The summed E-state index contributed by atoms with van der Waals surface area (Å²) in [6.45, 7) is 9.70. The van der Waals surface area contributed by atoms with Gasteiger partial charge in [0.1, 0.15) is 5.76 Å². The van der Waals surface area contributed by atoms with Crippen LogP contribution in [0.25, 0.3) is 0 Å². The third-order valence-corrected chi connectivity index (χ3v) is 3.06. The lowest BCUT2D eigenvalue weighted by Gasteiger charge is -2.20. The van der Waals surface area contributed by atoms with Gasteiger partial charge in [-0.15, -0.1) is 0 Å². The summed E-state index contributed by atoms with van der Waals surface area (Å²) >= 11 is 0. The van der Waals surface area contributed by atoms with Crippen molar-refractivity contribution in [2.24, 2.45) is 0 Å². The van der Waals surface area contributed by atoms with E-state index in [0.717, 1.165) is 30.8 Å². The van der Waals surface area contributed by atoms with E-state index in [1.54, 1.807) is 0 Å². The predicted molar refractivity (Wildman–Crippen MR) is 70.7 cm³/mol. The number of hydrogen-bond acceptors (Lipinski definition) is 4. The van der Waals surface area contributed by atoms with Gasteiger partial charge in [-0.2, -0.15) is 0 Å². The van der Waals surface area contributed by atoms with E-state index in [1.807, 2.05) is 27.8 Å². The second-order valence-electron chi connectivity index (χ2n) is 4.66. The summed E-state index contributed by atoms with van der Waals surface area (Å²) < 4.78 is 5.13. The fraction of sp³-hybridized carbons (Fsp3) is 0.692. The van der Waals surface area contributed by atoms with Crippen LogP contribution in [0.4, 0.5) is 0 Å². The minimum absolute atomic E-state index is 0.0867. The van der Waals surface area contributed by atoms with Crippen LogP contribution in [0.3, 0.4) is 0 Å². The number of nitrogens with zero attached hydrogens (tertiary/aromatic N) is 2. The van der Waals surface area contributed by atoms with Crippen molar-refractivity contribution < 1.29 is 9.32 Å². The number of aryl methyl sites for hydroxylation is 1. The maximum Gasteiger partial charge on any atom is 0.274 e. The van der Waals surface area contributed by atoms with Crippen molar-refractivity contribution in [1.29, 1.82) is 0 Å². The van der Waals surface area contributed by atoms with E-state index in [1.165, 1.54) is 0 Å². The van der Waals surface area contributed by atoms with Crippen LogP contribution in [0.2, 0.25) is 0 Å². The number of rotatable bonds is 6. The summed E-state index contributed by atoms with van der Waals surface area (Å²) in [6.07, 6.45) is 0.750. The van der Waals surface area contributed by atoms with Crippen LogP contribution >= 0.6 is 0 Å². The van der Waals surface area contributed by atoms with Crippen LogP contribution < -0.4 is 5.32 Å². The maximum atomic E-state index is 12.0. The van der Waals surface area contributed by atoms with Crippen LogP contribution in [-0.4, -0.2) is 42.1 Å². The van der Waals surface area contributed by atoms with E-state index in [4.69, 9.17) is 4.52 Å². The molecule has 18 heavy (non-hydrogen) atoms. The average molecular weight is 253 g/mol. The molecule has 1 N–H and O–H groups in total. The monoisotopic (exact) mass is 253 g/mol. The van der Waals surface area contributed by atoms with Gasteiger partial charge in [0.05, 0.1) is 0 Å². The van der Waals surface area contributed by atoms with E-state index >= 15 is 0 Å². The molecule has 0 aliphatic rings. The highest BCUT2D eigenvalue weighted by molar-refractivity contribution is 5.93. The summed E-state index contributed by atoms with van der Waals surface area (Å²) in [4.78, 5) is 14.2. The first kappa shape index (κ1) is 14.7. The molecule has 0 aliphatic carbocycles. The maximum absolute atomic E-state index is 12.0. The number of carbonyl (C=O) groups excluding carboxylic acids is 1. The van der Waals surface area contributed by atoms with Crippen LogP contribution in [0.5, 0.6) is 0 Å². The molecule has 0 spiro atoms. The minimum atomic E-state index is -0.159. The molecule has 1 aromatic heterocycles. The topological polar surface area (TPSA) is 58.4 Å². The van der Waals surface area contributed by atoms with Gasteiger partial charge in [-0.25, -0.2) is 0 Å². The van der Waals surface area contributed by atoms with Crippen LogP contribution in [0.1, 0.15) is 42.6 Å². The lowest BCUT2D eigenvalue weighted by atomic mass is 10.1. The molecular weight excluding hydrogens is 230 g/mol. The molecule has 0 radical (unpaired) electrons. The van der Waals surface area contributed by atoms with Gasteiger partial charge in [0.15, 0.2) is 5.69 Å². The minimum Gasteiger partial charge on any atom is -0.360 e. The van der Waals surface area contributed by atoms with Crippen molar-refractivity contribution in [3.05, 3.63) is 17.0 Å². The summed E-state index contributed by atoms with van der Waals surface area (Å²) in [5.74, 6) is 0.617. The van der Waals surface area contributed by atoms with Crippen molar-refractivity contribution in [2.75, 3.05) is 20.1 Å². The Bertz CT molecular complexity index is 401. The van der Waals surface area contributed by atoms with Crippen molar-refractivity contribution >= 4 is 5.91 Å². The van der Waals surface area contributed by atoms with E-state index < -0.39 is 0 Å². The molecule has 102 valence electrons. The fourth-order valence-electron chi connectivity index (χ4n) is 1.85. The van der Waals surface area contributed by atoms with Crippen LogP contribution in [-0.2, 0) is 6.42 Å². The van der Waals surface area contributed by atoms with E-state index in [9.17, 15) is 4.79 Å². The second kappa shape index (κ2) is 6.54. The molecule has 1 rings (SSSR count). The van der Waals surface area contributed by atoms with Gasteiger partial charge in [-0.1, -0.05) is 19.0 Å². The highest BCUT2D eigenvalue weighted by atomic mass is 16.5. The molecule has 5 nitrogen and oxygen atoms in total. The Labute approximate surface area is 109 Å². The Morgan fingerprint density at radius 3 is 2.67 bits per heavy atom. The molecule has 5 heteroatoms. The summed E-state index contributed by atoms with van der Waals surface area (Å²) in [6, 6.07) is 0.0867. The van der Waals surface area contributed by atoms with Crippen molar-refractivity contribution in [3.63, 3.8) is 0 Å². The largest absolute Gasteiger partial charge is 0.360 e. The van der Waals surface area contributed by atoms with Crippen LogP contribution in [0.15, 0.2) is 4.52 Å². The molecule has 0 aliphatic heterocycles. The predicted octanol–water partition coefficient (Wildman–Crippen LogP) is 1.62. The van der Waals surface area contributed by atoms with E-state index in [-0.39, 0.29) is 11.9 Å². The van der Waals surface area contributed by atoms with Gasteiger partial charge in [-0.05, 0) is 27.4 Å². The Morgan fingerprint density at radius 1 is 1.50 bits per heavy atom. The molecule has 1 heterocycles. The number of nitrogens with one attached hydrogen (secondary N) is 1. The first-order valence-electron chi connectivity index (χ1n) is 6.44. The Kier molecular flexibility index (Phi) is 5.34. The number of amides is 1. The molecule has 0 saturated carbocycles. The van der Waals surface area contributed by atoms with E-state index in [0.29, 0.717) is 5.69 Å². The van der Waals surface area contributed by atoms with Gasteiger partial charge >= 0.3 is 0 Å². The molecule has 0 fully saturated rings. The molecule has 1 unspecified atom stereocenters. The zero-order valence-electron chi connectivity index (χ0n) is 11.9. The molecule has 1 amide bonds.